The molecule has 1 aromatic carbocycles. The minimum absolute atomic E-state index is 0.0326. The maximum Gasteiger partial charge on any atom is 0.0780 e. The molecule has 0 saturated carbocycles. The predicted molar refractivity (Wildman–Crippen MR) is 60.4 cm³/mol. The second-order valence-electron chi connectivity index (χ2n) is 3.86. The Kier molecular flexibility index (Phi) is 4.75. The fourth-order valence-corrected chi connectivity index (χ4v) is 1.59. The number of rotatable bonds is 5. The molecule has 3 N–H and O–H groups in total. The predicted octanol–water partition coefficient (Wildman–Crippen LogP) is 1.33. The van der Waals surface area contributed by atoms with E-state index < -0.39 is 6.10 Å². The highest BCUT2D eigenvalue weighted by Gasteiger charge is 2.22. The van der Waals surface area contributed by atoms with Crippen LogP contribution in [0.5, 0.6) is 0 Å². The molecule has 1 rings (SSSR count). The Morgan fingerprint density at radius 2 is 1.93 bits per heavy atom. The molecule has 0 fully saturated rings. The first-order chi connectivity index (χ1) is 7.16. The zero-order valence-corrected chi connectivity index (χ0v) is 9.26. The van der Waals surface area contributed by atoms with Crippen molar-refractivity contribution in [3.8, 4) is 0 Å². The van der Waals surface area contributed by atoms with E-state index in [0.29, 0.717) is 6.61 Å². The number of aliphatic hydroxyl groups excluding tert-OH is 1. The van der Waals surface area contributed by atoms with Gasteiger partial charge in [0, 0.05) is 13.0 Å². The first kappa shape index (κ1) is 12.2. The van der Waals surface area contributed by atoms with Crippen LogP contribution in [0.3, 0.4) is 0 Å². The smallest absolute Gasteiger partial charge is 0.0780 e. The van der Waals surface area contributed by atoms with Crippen LogP contribution in [0.1, 0.15) is 18.5 Å². The molecule has 0 bridgehead atoms. The molecule has 0 aliphatic carbocycles. The van der Waals surface area contributed by atoms with E-state index in [2.05, 4.69) is 0 Å². The zero-order valence-electron chi connectivity index (χ0n) is 9.26. The largest absolute Gasteiger partial charge is 0.391 e. The first-order valence-electron chi connectivity index (χ1n) is 5.14. The third-order valence-corrected chi connectivity index (χ3v) is 2.56. The van der Waals surface area contributed by atoms with E-state index in [-0.39, 0.29) is 12.0 Å². The number of hydrogen-bond acceptors (Lipinski definition) is 3. The summed E-state index contributed by atoms with van der Waals surface area (Å²) in [5.41, 5.74) is 6.92. The summed E-state index contributed by atoms with van der Waals surface area (Å²) < 4.78 is 5.00. The van der Waals surface area contributed by atoms with Crippen LogP contribution in [0.4, 0.5) is 0 Å². The van der Waals surface area contributed by atoms with Crippen LogP contribution >= 0.6 is 0 Å². The minimum atomic E-state index is -0.577. The molecule has 0 aromatic heterocycles. The molecule has 1 aromatic rings. The van der Waals surface area contributed by atoms with Crippen LogP contribution in [-0.4, -0.2) is 24.9 Å². The molecule has 0 saturated heterocycles. The molecule has 0 spiro atoms. The van der Waals surface area contributed by atoms with E-state index in [1.807, 2.05) is 37.3 Å². The fourth-order valence-electron chi connectivity index (χ4n) is 1.59. The number of benzene rings is 1. The normalized spacial score (nSPS) is 17.1. The highest BCUT2D eigenvalue weighted by atomic mass is 16.5. The third kappa shape index (κ3) is 3.30. The molecule has 15 heavy (non-hydrogen) atoms. The summed E-state index contributed by atoms with van der Waals surface area (Å²) in [5.74, 6) is 0.0326. The van der Waals surface area contributed by atoms with Crippen molar-refractivity contribution in [2.24, 2.45) is 11.7 Å². The highest BCUT2D eigenvalue weighted by Crippen LogP contribution is 2.19. The zero-order chi connectivity index (χ0) is 11.3. The second-order valence-corrected chi connectivity index (χ2v) is 3.86. The number of aliphatic hydroxyl groups is 1. The molecule has 3 atom stereocenters. The van der Waals surface area contributed by atoms with Crippen LogP contribution in [0.2, 0.25) is 0 Å². The lowest BCUT2D eigenvalue weighted by molar-refractivity contribution is 0.0406. The Bertz CT molecular complexity index is 276. The Hall–Kier alpha value is -0.900. The molecule has 0 aliphatic rings. The van der Waals surface area contributed by atoms with Crippen LogP contribution in [0.25, 0.3) is 0 Å². The Morgan fingerprint density at radius 1 is 1.33 bits per heavy atom. The number of hydrogen-bond donors (Lipinski definition) is 2. The standard InChI is InChI=1S/C12H19NO2/c1-9(8-15-2)12(14)11(13)10-6-4-3-5-7-10/h3-7,9,11-12,14H,8,13H2,1-2H3. The molecule has 0 amide bonds. The lowest BCUT2D eigenvalue weighted by Crippen LogP contribution is -2.33. The number of methoxy groups -OCH3 is 1. The van der Waals surface area contributed by atoms with Gasteiger partial charge in [-0.3, -0.25) is 0 Å². The van der Waals surface area contributed by atoms with Gasteiger partial charge in [0.1, 0.15) is 0 Å². The van der Waals surface area contributed by atoms with Crippen molar-refractivity contribution in [2.75, 3.05) is 13.7 Å². The average molecular weight is 209 g/mol. The van der Waals surface area contributed by atoms with Gasteiger partial charge in [0.2, 0.25) is 0 Å². The van der Waals surface area contributed by atoms with E-state index in [1.54, 1.807) is 7.11 Å². The molecule has 3 nitrogen and oxygen atoms in total. The fraction of sp³-hybridized carbons (Fsp3) is 0.500. The van der Waals surface area contributed by atoms with E-state index in [4.69, 9.17) is 10.5 Å². The molecular weight excluding hydrogens is 190 g/mol. The quantitative estimate of drug-likeness (QED) is 0.769. The minimum Gasteiger partial charge on any atom is -0.391 e. The van der Waals surface area contributed by atoms with Gasteiger partial charge in [-0.25, -0.2) is 0 Å². The molecule has 3 heteroatoms. The molecular formula is C12H19NO2. The van der Waals surface area contributed by atoms with Crippen LogP contribution in [0, 0.1) is 5.92 Å². The van der Waals surface area contributed by atoms with Crippen molar-refractivity contribution in [3.05, 3.63) is 35.9 Å². The third-order valence-electron chi connectivity index (χ3n) is 2.56. The van der Waals surface area contributed by atoms with Gasteiger partial charge in [-0.05, 0) is 5.56 Å². The lowest BCUT2D eigenvalue weighted by Gasteiger charge is -2.24. The molecule has 84 valence electrons. The van der Waals surface area contributed by atoms with Gasteiger partial charge in [0.05, 0.1) is 18.8 Å². The summed E-state index contributed by atoms with van der Waals surface area (Å²) in [6.07, 6.45) is -0.577. The molecule has 3 unspecified atom stereocenters. The van der Waals surface area contributed by atoms with Crippen molar-refractivity contribution in [2.45, 2.75) is 19.1 Å². The van der Waals surface area contributed by atoms with Crippen LogP contribution < -0.4 is 5.73 Å². The first-order valence-corrected chi connectivity index (χ1v) is 5.14. The van der Waals surface area contributed by atoms with E-state index in [9.17, 15) is 5.11 Å². The van der Waals surface area contributed by atoms with E-state index in [1.165, 1.54) is 0 Å². The topological polar surface area (TPSA) is 55.5 Å². The van der Waals surface area contributed by atoms with Crippen molar-refractivity contribution in [1.29, 1.82) is 0 Å². The van der Waals surface area contributed by atoms with E-state index in [0.717, 1.165) is 5.56 Å². The highest BCUT2D eigenvalue weighted by molar-refractivity contribution is 5.19. The van der Waals surface area contributed by atoms with Gasteiger partial charge in [0.25, 0.3) is 0 Å². The van der Waals surface area contributed by atoms with Gasteiger partial charge in [-0.2, -0.15) is 0 Å². The van der Waals surface area contributed by atoms with Gasteiger partial charge in [0.15, 0.2) is 0 Å². The van der Waals surface area contributed by atoms with Gasteiger partial charge >= 0.3 is 0 Å². The van der Waals surface area contributed by atoms with Crippen molar-refractivity contribution < 1.29 is 9.84 Å². The average Bonchev–Trinajstić information content (AvgIpc) is 2.28. The molecule has 0 heterocycles. The van der Waals surface area contributed by atoms with Gasteiger partial charge < -0.3 is 15.6 Å². The monoisotopic (exact) mass is 209 g/mol. The molecule has 0 radical (unpaired) electrons. The summed E-state index contributed by atoms with van der Waals surface area (Å²) in [6, 6.07) is 9.27. The summed E-state index contributed by atoms with van der Waals surface area (Å²) >= 11 is 0. The van der Waals surface area contributed by atoms with Crippen molar-refractivity contribution in [1.82, 2.24) is 0 Å². The van der Waals surface area contributed by atoms with Crippen molar-refractivity contribution >= 4 is 0 Å². The second kappa shape index (κ2) is 5.85. The van der Waals surface area contributed by atoms with Gasteiger partial charge in [-0.15, -0.1) is 0 Å². The lowest BCUT2D eigenvalue weighted by atomic mass is 9.94. The molecule has 0 aliphatic heterocycles. The summed E-state index contributed by atoms with van der Waals surface area (Å²) in [7, 11) is 1.62. The SMILES string of the molecule is COCC(C)C(O)C(N)c1ccccc1. The van der Waals surface area contributed by atoms with Crippen LogP contribution in [-0.2, 0) is 4.74 Å². The van der Waals surface area contributed by atoms with Crippen molar-refractivity contribution in [3.63, 3.8) is 0 Å². The summed E-state index contributed by atoms with van der Waals surface area (Å²) in [5, 5.41) is 9.97. The Balaban J connectivity index is 2.64. The number of ether oxygens (including phenoxy) is 1. The van der Waals surface area contributed by atoms with Gasteiger partial charge in [-0.1, -0.05) is 37.3 Å². The summed E-state index contributed by atoms with van der Waals surface area (Å²) in [4.78, 5) is 0. The van der Waals surface area contributed by atoms with E-state index >= 15 is 0 Å². The number of nitrogens with two attached hydrogens (primary N) is 1. The maximum atomic E-state index is 9.97. The van der Waals surface area contributed by atoms with Crippen LogP contribution in [0.15, 0.2) is 30.3 Å². The maximum absolute atomic E-state index is 9.97. The Morgan fingerprint density at radius 3 is 2.47 bits per heavy atom. The Labute approximate surface area is 90.9 Å². The summed E-state index contributed by atoms with van der Waals surface area (Å²) in [6.45, 7) is 2.44.